The van der Waals surface area contributed by atoms with E-state index >= 15 is 0 Å². The quantitative estimate of drug-likeness (QED) is 0.392. The largest absolute Gasteiger partial charge is 0.491 e. The predicted octanol–water partition coefficient (Wildman–Crippen LogP) is 5.57. The van der Waals surface area contributed by atoms with Gasteiger partial charge in [0.15, 0.2) is 0 Å². The van der Waals surface area contributed by atoms with Gasteiger partial charge in [0.05, 0.1) is 18.1 Å². The number of amides is 1. The molecule has 0 aliphatic heterocycles. The van der Waals surface area contributed by atoms with E-state index < -0.39 is 18.1 Å². The van der Waals surface area contributed by atoms with Crippen LogP contribution in [0.2, 0.25) is 0 Å². The summed E-state index contributed by atoms with van der Waals surface area (Å²) in [5, 5.41) is 13.0. The number of nitrogens with one attached hydrogen (secondary N) is 1. The summed E-state index contributed by atoms with van der Waals surface area (Å²) in [5.74, 6) is 0.442. The van der Waals surface area contributed by atoms with E-state index in [1.54, 1.807) is 6.92 Å². The number of rotatable bonds is 11. The first-order valence-electron chi connectivity index (χ1n) is 12.3. The molecule has 2 aromatic rings. The first-order valence-corrected chi connectivity index (χ1v) is 13.1. The SMILES string of the molecule is CCC(CCc1ccc(OCC(O)C(C)(C)C)c(C)c1)c1cc(C)c(C(=O)NC(C)C(=O)OC)s1. The number of carbonyl (C=O) groups excluding carboxylic acids is 2. The van der Waals surface area contributed by atoms with Crippen molar-refractivity contribution in [2.24, 2.45) is 5.41 Å². The summed E-state index contributed by atoms with van der Waals surface area (Å²) in [6.45, 7) is 14.0. The van der Waals surface area contributed by atoms with Gasteiger partial charge in [-0.05, 0) is 80.2 Å². The Morgan fingerprint density at radius 2 is 1.83 bits per heavy atom. The maximum absolute atomic E-state index is 12.7. The maximum atomic E-state index is 12.7. The Kier molecular flexibility index (Phi) is 10.3. The molecule has 0 radical (unpaired) electrons. The number of hydrogen-bond donors (Lipinski definition) is 2. The average molecular weight is 504 g/mol. The second kappa shape index (κ2) is 12.5. The fraction of sp³-hybridized carbons (Fsp3) is 0.571. The minimum absolute atomic E-state index is 0.219. The summed E-state index contributed by atoms with van der Waals surface area (Å²) in [4.78, 5) is 26.2. The molecule has 194 valence electrons. The highest BCUT2D eigenvalue weighted by atomic mass is 32.1. The van der Waals surface area contributed by atoms with E-state index in [2.05, 4.69) is 30.4 Å². The molecule has 7 heteroatoms. The summed E-state index contributed by atoms with van der Waals surface area (Å²) in [5.41, 5.74) is 3.00. The molecule has 6 nitrogen and oxygen atoms in total. The van der Waals surface area contributed by atoms with Crippen LogP contribution >= 0.6 is 11.3 Å². The van der Waals surface area contributed by atoms with Crippen molar-refractivity contribution in [3.05, 3.63) is 50.7 Å². The van der Waals surface area contributed by atoms with Crippen LogP contribution in [-0.2, 0) is 16.0 Å². The van der Waals surface area contributed by atoms with Crippen LogP contribution in [0.5, 0.6) is 5.75 Å². The summed E-state index contributed by atoms with van der Waals surface area (Å²) >= 11 is 1.51. The Bertz CT molecular complexity index is 1010. The third-order valence-electron chi connectivity index (χ3n) is 6.36. The van der Waals surface area contributed by atoms with Gasteiger partial charge in [-0.25, -0.2) is 4.79 Å². The Labute approximate surface area is 214 Å². The van der Waals surface area contributed by atoms with Gasteiger partial charge in [-0.1, -0.05) is 39.8 Å². The molecule has 1 aromatic heterocycles. The van der Waals surface area contributed by atoms with Crippen molar-refractivity contribution >= 4 is 23.2 Å². The third kappa shape index (κ3) is 8.07. The first kappa shape index (κ1) is 28.9. The molecular formula is C28H41NO5S. The molecule has 0 aliphatic rings. The van der Waals surface area contributed by atoms with Crippen LogP contribution in [0.3, 0.4) is 0 Å². The molecule has 0 aliphatic carbocycles. The van der Waals surface area contributed by atoms with E-state index in [4.69, 9.17) is 9.47 Å². The topological polar surface area (TPSA) is 84.9 Å². The monoisotopic (exact) mass is 503 g/mol. The molecule has 1 amide bonds. The molecule has 0 spiro atoms. The van der Waals surface area contributed by atoms with Crippen LogP contribution in [0, 0.1) is 19.3 Å². The van der Waals surface area contributed by atoms with Gasteiger partial charge in [-0.2, -0.15) is 0 Å². The summed E-state index contributed by atoms with van der Waals surface area (Å²) < 4.78 is 10.6. The minimum atomic E-state index is -0.689. The molecule has 35 heavy (non-hydrogen) atoms. The zero-order valence-corrected chi connectivity index (χ0v) is 23.2. The number of aliphatic hydroxyl groups excluding tert-OH is 1. The van der Waals surface area contributed by atoms with E-state index in [0.717, 1.165) is 36.1 Å². The second-order valence-corrected chi connectivity index (χ2v) is 11.4. The van der Waals surface area contributed by atoms with Gasteiger partial charge in [0, 0.05) is 4.88 Å². The van der Waals surface area contributed by atoms with Crippen LogP contribution in [-0.4, -0.2) is 42.8 Å². The predicted molar refractivity (Wildman–Crippen MR) is 141 cm³/mol. The summed E-state index contributed by atoms with van der Waals surface area (Å²) in [6, 6.07) is 7.63. The molecule has 1 aromatic carbocycles. The smallest absolute Gasteiger partial charge is 0.328 e. The van der Waals surface area contributed by atoms with Crippen LogP contribution in [0.4, 0.5) is 0 Å². The van der Waals surface area contributed by atoms with Gasteiger partial charge in [0.1, 0.15) is 18.4 Å². The number of thiophene rings is 1. The summed E-state index contributed by atoms with van der Waals surface area (Å²) in [7, 11) is 1.31. The average Bonchev–Trinajstić information content (AvgIpc) is 3.18. The highest BCUT2D eigenvalue weighted by Crippen LogP contribution is 2.34. The lowest BCUT2D eigenvalue weighted by Crippen LogP contribution is -2.39. The van der Waals surface area contributed by atoms with Crippen molar-refractivity contribution in [1.29, 1.82) is 0 Å². The Balaban J connectivity index is 2.02. The molecule has 3 unspecified atom stereocenters. The third-order valence-corrected chi connectivity index (χ3v) is 7.76. The number of hydrogen-bond acceptors (Lipinski definition) is 6. The van der Waals surface area contributed by atoms with Crippen LogP contribution in [0.15, 0.2) is 24.3 Å². The molecular weight excluding hydrogens is 462 g/mol. The number of aliphatic hydroxyl groups is 1. The zero-order chi connectivity index (χ0) is 26.3. The highest BCUT2D eigenvalue weighted by Gasteiger charge is 2.24. The van der Waals surface area contributed by atoms with Gasteiger partial charge in [-0.3, -0.25) is 4.79 Å². The molecule has 0 bridgehead atoms. The minimum Gasteiger partial charge on any atom is -0.491 e. The lowest BCUT2D eigenvalue weighted by atomic mass is 9.90. The van der Waals surface area contributed by atoms with Gasteiger partial charge in [0.2, 0.25) is 0 Å². The van der Waals surface area contributed by atoms with Gasteiger partial charge in [0.25, 0.3) is 5.91 Å². The molecule has 3 atom stereocenters. The normalized spacial score (nSPS) is 14.2. The molecule has 0 fully saturated rings. The standard InChI is InChI=1S/C28H41NO5S/c1-9-21(23-15-18(3)25(35-23)26(31)29-19(4)27(32)33-8)12-10-20-11-13-22(17(2)14-20)34-16-24(30)28(5,6)7/h11,13-15,19,21,24,30H,9-10,12,16H2,1-8H3,(H,29,31). The molecule has 2 rings (SSSR count). The van der Waals surface area contributed by atoms with E-state index in [1.165, 1.54) is 28.9 Å². The van der Waals surface area contributed by atoms with Crippen molar-refractivity contribution < 1.29 is 24.2 Å². The lowest BCUT2D eigenvalue weighted by Gasteiger charge is -2.26. The first-order chi connectivity index (χ1) is 16.4. The molecule has 1 heterocycles. The number of ether oxygens (including phenoxy) is 2. The highest BCUT2D eigenvalue weighted by molar-refractivity contribution is 7.14. The van der Waals surface area contributed by atoms with Crippen LogP contribution < -0.4 is 10.1 Å². The van der Waals surface area contributed by atoms with Crippen LogP contribution in [0.25, 0.3) is 0 Å². The maximum Gasteiger partial charge on any atom is 0.328 e. The molecule has 0 saturated heterocycles. The molecule has 2 N–H and O–H groups in total. The number of methoxy groups -OCH3 is 1. The van der Waals surface area contributed by atoms with Crippen molar-refractivity contribution in [3.8, 4) is 5.75 Å². The van der Waals surface area contributed by atoms with Gasteiger partial charge in [-0.15, -0.1) is 11.3 Å². The van der Waals surface area contributed by atoms with Crippen molar-refractivity contribution in [3.63, 3.8) is 0 Å². The Hall–Kier alpha value is -2.38. The number of aryl methyl sites for hydroxylation is 3. The van der Waals surface area contributed by atoms with Gasteiger partial charge >= 0.3 is 5.97 Å². The zero-order valence-electron chi connectivity index (χ0n) is 22.4. The van der Waals surface area contributed by atoms with Crippen molar-refractivity contribution in [1.82, 2.24) is 5.32 Å². The number of esters is 1. The van der Waals surface area contributed by atoms with E-state index in [9.17, 15) is 14.7 Å². The fourth-order valence-corrected chi connectivity index (χ4v) is 5.06. The van der Waals surface area contributed by atoms with E-state index in [0.29, 0.717) is 10.8 Å². The number of benzene rings is 1. The van der Waals surface area contributed by atoms with Crippen LogP contribution in [0.1, 0.15) is 84.6 Å². The van der Waals surface area contributed by atoms with Gasteiger partial charge < -0.3 is 19.9 Å². The summed E-state index contributed by atoms with van der Waals surface area (Å²) in [6.07, 6.45) is 2.34. The van der Waals surface area contributed by atoms with Crippen molar-refractivity contribution in [2.45, 2.75) is 85.8 Å². The second-order valence-electron chi connectivity index (χ2n) is 10.3. The van der Waals surface area contributed by atoms with E-state index in [-0.39, 0.29) is 17.9 Å². The Morgan fingerprint density at radius 3 is 2.40 bits per heavy atom. The molecule has 0 saturated carbocycles. The fourth-order valence-electron chi connectivity index (χ4n) is 3.77. The van der Waals surface area contributed by atoms with E-state index in [1.807, 2.05) is 40.7 Å². The Morgan fingerprint density at radius 1 is 1.14 bits per heavy atom. The van der Waals surface area contributed by atoms with Crippen molar-refractivity contribution in [2.75, 3.05) is 13.7 Å². The number of carbonyl (C=O) groups is 2. The lowest BCUT2D eigenvalue weighted by molar-refractivity contribution is -0.142.